The zero-order valence-electron chi connectivity index (χ0n) is 8.08. The van der Waals surface area contributed by atoms with Crippen LogP contribution in [0.3, 0.4) is 0 Å². The molecule has 0 heterocycles. The summed E-state index contributed by atoms with van der Waals surface area (Å²) in [6.45, 7) is 11.4. The van der Waals surface area contributed by atoms with Gasteiger partial charge in [-0.2, -0.15) is 0 Å². The number of allylic oxidation sites excluding steroid dienone is 4. The minimum absolute atomic E-state index is 0.371. The molecule has 0 aromatic rings. The fourth-order valence-electron chi connectivity index (χ4n) is 1.62. The number of hydrogen-bond acceptors (Lipinski definition) is 0. The van der Waals surface area contributed by atoms with Gasteiger partial charge in [-0.3, -0.25) is 0 Å². The first kappa shape index (κ1) is 9.67. The Hall–Kier alpha value is 0.584. The molecular weight excluding hydrogens is 209 g/mol. The standard InChI is InChI=1S/C10H15.Y/c1-7-6-10(4,5)9(3)8(7)2;/h1-5H3;. The molecule has 1 rings (SSSR count). The second kappa shape index (κ2) is 2.81. The Morgan fingerprint density at radius 2 is 1.45 bits per heavy atom. The van der Waals surface area contributed by atoms with E-state index in [4.69, 9.17) is 0 Å². The molecule has 0 fully saturated rings. The Morgan fingerprint density at radius 1 is 1.00 bits per heavy atom. The third kappa shape index (κ3) is 1.29. The van der Waals surface area contributed by atoms with Gasteiger partial charge in [0.2, 0.25) is 0 Å². The van der Waals surface area contributed by atoms with Gasteiger partial charge in [-0.25, -0.2) is 0 Å². The molecule has 0 atom stereocenters. The van der Waals surface area contributed by atoms with Crippen LogP contribution in [0.5, 0.6) is 0 Å². The van der Waals surface area contributed by atoms with Crippen molar-refractivity contribution < 1.29 is 31.0 Å². The summed E-state index contributed by atoms with van der Waals surface area (Å²) in [5.41, 5.74) is 5.02. The molecule has 0 spiro atoms. The molecule has 0 N–H and O–H groups in total. The van der Waals surface area contributed by atoms with Gasteiger partial charge in [-0.05, 0) is 0 Å². The molecule has 0 nitrogen and oxygen atoms in total. The molecule has 0 amide bonds. The van der Waals surface area contributed by atoms with Crippen LogP contribution in [0.1, 0.15) is 34.6 Å². The molecule has 1 aliphatic carbocycles. The predicted octanol–water partition coefficient (Wildman–Crippen LogP) is 3.18. The number of rotatable bonds is 0. The van der Waals surface area contributed by atoms with E-state index >= 15 is 0 Å². The van der Waals surface area contributed by atoms with E-state index < -0.39 is 0 Å². The summed E-state index contributed by atoms with van der Waals surface area (Å²) in [4.78, 5) is 0. The van der Waals surface area contributed by atoms with Gasteiger partial charge in [-0.1, -0.05) is 0 Å². The van der Waals surface area contributed by atoms with E-state index in [-0.39, 0.29) is 0 Å². The van der Waals surface area contributed by atoms with Crippen molar-refractivity contribution >= 4 is 0 Å². The van der Waals surface area contributed by atoms with Gasteiger partial charge in [-0.15, -0.1) is 0 Å². The first-order valence-corrected chi connectivity index (χ1v) is 5.46. The first-order chi connectivity index (χ1) is 4.89. The molecule has 0 aromatic heterocycles. The summed E-state index contributed by atoms with van der Waals surface area (Å²) in [6, 6.07) is 0. The zero-order chi connectivity index (χ0) is 8.81. The van der Waals surface area contributed by atoms with Crippen LogP contribution in [-0.2, 0) is 31.0 Å². The van der Waals surface area contributed by atoms with E-state index in [1.165, 1.54) is 36.5 Å². The monoisotopic (exact) mass is 224 g/mol. The second-order valence-electron chi connectivity index (χ2n) is 3.91. The van der Waals surface area contributed by atoms with E-state index in [9.17, 15) is 0 Å². The van der Waals surface area contributed by atoms with Crippen LogP contribution < -0.4 is 0 Å². The van der Waals surface area contributed by atoms with Gasteiger partial charge in [0, 0.05) is 0 Å². The van der Waals surface area contributed by atoms with Crippen molar-refractivity contribution in [2.45, 2.75) is 34.6 Å². The van der Waals surface area contributed by atoms with Gasteiger partial charge >= 0.3 is 90.1 Å². The summed E-state index contributed by atoms with van der Waals surface area (Å²) >= 11 is 1.28. The molecular formula is C10H15Y. The Morgan fingerprint density at radius 3 is 1.55 bits per heavy atom. The van der Waals surface area contributed by atoms with Crippen LogP contribution >= 0.6 is 0 Å². The summed E-state index contributed by atoms with van der Waals surface area (Å²) in [7, 11) is 0. The molecule has 0 saturated heterocycles. The molecule has 0 bridgehead atoms. The molecule has 0 unspecified atom stereocenters. The molecule has 0 radical (unpaired) electrons. The second-order valence-corrected chi connectivity index (χ2v) is 5.33. The molecule has 1 aliphatic rings. The summed E-state index contributed by atoms with van der Waals surface area (Å²) in [5.74, 6) is 0. The van der Waals surface area contributed by atoms with Gasteiger partial charge in [0.05, 0.1) is 0 Å². The Balaban J connectivity index is 3.27. The van der Waals surface area contributed by atoms with Gasteiger partial charge in [0.15, 0.2) is 0 Å². The molecule has 11 heavy (non-hydrogen) atoms. The Labute approximate surface area is 89.6 Å². The summed E-state index contributed by atoms with van der Waals surface area (Å²) < 4.78 is 1.66. The predicted molar refractivity (Wildman–Crippen MR) is 44.9 cm³/mol. The normalized spacial score (nSPS) is 23.3. The number of hydrogen-bond donors (Lipinski definition) is 0. The van der Waals surface area contributed by atoms with Crippen molar-refractivity contribution in [1.29, 1.82) is 0 Å². The van der Waals surface area contributed by atoms with Crippen molar-refractivity contribution in [3.05, 3.63) is 19.1 Å². The van der Waals surface area contributed by atoms with Gasteiger partial charge in [0.25, 0.3) is 0 Å². The fraction of sp³-hybridized carbons (Fsp3) is 0.600. The van der Waals surface area contributed by atoms with E-state index in [1.54, 1.807) is 13.5 Å². The third-order valence-corrected chi connectivity index (χ3v) is 5.98. The summed E-state index contributed by atoms with van der Waals surface area (Å²) in [6.07, 6.45) is 0. The maximum absolute atomic E-state index is 2.34. The van der Waals surface area contributed by atoms with E-state index in [2.05, 4.69) is 34.6 Å². The van der Waals surface area contributed by atoms with Crippen LogP contribution in [0.4, 0.5) is 0 Å². The average molecular weight is 224 g/mol. The molecule has 0 saturated carbocycles. The van der Waals surface area contributed by atoms with Crippen molar-refractivity contribution in [3.8, 4) is 0 Å². The summed E-state index contributed by atoms with van der Waals surface area (Å²) in [5, 5.41) is 0. The van der Waals surface area contributed by atoms with Gasteiger partial charge in [0.1, 0.15) is 0 Å². The molecule has 0 aliphatic heterocycles. The molecule has 0 aromatic carbocycles. The minimum atomic E-state index is 0.371. The van der Waals surface area contributed by atoms with Crippen LogP contribution in [0, 0.1) is 5.41 Å². The zero-order valence-corrected chi connectivity index (χ0v) is 10.9. The van der Waals surface area contributed by atoms with E-state index in [0.29, 0.717) is 5.41 Å². The van der Waals surface area contributed by atoms with Crippen LogP contribution in [-0.4, -0.2) is 0 Å². The maximum atomic E-state index is 2.34. The first-order valence-electron chi connectivity index (χ1n) is 4.04. The van der Waals surface area contributed by atoms with E-state index in [1.807, 2.05) is 0 Å². The molecule has 58 valence electrons. The average Bonchev–Trinajstić information content (AvgIpc) is 2.06. The topological polar surface area (TPSA) is 0 Å². The van der Waals surface area contributed by atoms with Crippen molar-refractivity contribution in [3.63, 3.8) is 0 Å². The van der Waals surface area contributed by atoms with E-state index in [0.717, 1.165) is 0 Å². The van der Waals surface area contributed by atoms with Crippen LogP contribution in [0.25, 0.3) is 0 Å². The SMILES string of the molecule is CC1=C(C)C(C)(C)[C]([Y])=C1C. The van der Waals surface area contributed by atoms with Crippen LogP contribution in [0.2, 0.25) is 0 Å². The molecule has 1 heteroatoms. The third-order valence-electron chi connectivity index (χ3n) is 3.14. The Kier molecular flexibility index (Phi) is 2.47. The Bertz CT molecular complexity index is 228. The fourth-order valence-corrected chi connectivity index (χ4v) is 2.69. The van der Waals surface area contributed by atoms with Gasteiger partial charge < -0.3 is 0 Å². The quantitative estimate of drug-likeness (QED) is 0.592. The van der Waals surface area contributed by atoms with Crippen molar-refractivity contribution in [1.82, 2.24) is 0 Å². The van der Waals surface area contributed by atoms with Crippen molar-refractivity contribution in [2.24, 2.45) is 5.41 Å². The van der Waals surface area contributed by atoms with Crippen LogP contribution in [0.15, 0.2) is 19.1 Å². The van der Waals surface area contributed by atoms with Crippen molar-refractivity contribution in [2.75, 3.05) is 0 Å².